The maximum absolute atomic E-state index is 12.6. The van der Waals surface area contributed by atoms with Crippen molar-refractivity contribution in [3.63, 3.8) is 0 Å². The molecule has 0 aliphatic heterocycles. The second-order valence-electron chi connectivity index (χ2n) is 4.93. The molecule has 4 nitrogen and oxygen atoms in total. The van der Waals surface area contributed by atoms with Gasteiger partial charge in [-0.25, -0.2) is 8.42 Å². The molecule has 0 unspecified atom stereocenters. The van der Waals surface area contributed by atoms with Crippen LogP contribution < -0.4 is 5.73 Å². The topological polar surface area (TPSA) is 63.4 Å². The van der Waals surface area contributed by atoms with Gasteiger partial charge in [0, 0.05) is 18.1 Å². The van der Waals surface area contributed by atoms with Crippen molar-refractivity contribution in [2.24, 2.45) is 0 Å². The Morgan fingerprint density at radius 3 is 2.57 bits per heavy atom. The average molecular weight is 369 g/mol. The molecule has 0 amide bonds. The van der Waals surface area contributed by atoms with E-state index in [1.807, 2.05) is 31.2 Å². The van der Waals surface area contributed by atoms with Gasteiger partial charge in [-0.15, -0.1) is 0 Å². The van der Waals surface area contributed by atoms with E-state index in [-0.39, 0.29) is 10.6 Å². The molecule has 2 rings (SSSR count). The molecule has 6 heteroatoms. The van der Waals surface area contributed by atoms with Gasteiger partial charge in [-0.3, -0.25) is 0 Å². The number of aryl methyl sites for hydroxylation is 1. The molecule has 21 heavy (non-hydrogen) atoms. The van der Waals surface area contributed by atoms with E-state index in [9.17, 15) is 8.42 Å². The second-order valence-corrected chi connectivity index (χ2v) is 7.86. The van der Waals surface area contributed by atoms with E-state index in [0.29, 0.717) is 11.0 Å². The molecule has 2 N–H and O–H groups in total. The minimum atomic E-state index is -3.62. The molecule has 0 saturated carbocycles. The first kappa shape index (κ1) is 16.0. The summed E-state index contributed by atoms with van der Waals surface area (Å²) in [4.78, 5) is 0.118. The predicted molar refractivity (Wildman–Crippen MR) is 88.4 cm³/mol. The quantitative estimate of drug-likeness (QED) is 0.842. The van der Waals surface area contributed by atoms with Crippen LogP contribution >= 0.6 is 15.9 Å². The number of hydrogen-bond donors (Lipinski definition) is 1. The highest BCUT2D eigenvalue weighted by Crippen LogP contribution is 2.26. The van der Waals surface area contributed by atoms with Crippen LogP contribution in [0.3, 0.4) is 0 Å². The number of nitrogens with zero attached hydrogens (tertiary/aromatic N) is 1. The van der Waals surface area contributed by atoms with E-state index in [1.54, 1.807) is 19.2 Å². The van der Waals surface area contributed by atoms with Gasteiger partial charge in [0.1, 0.15) is 4.90 Å². The van der Waals surface area contributed by atoms with Crippen LogP contribution in [0.1, 0.15) is 11.1 Å². The predicted octanol–water partition coefficient (Wildman–Crippen LogP) is 3.16. The summed E-state index contributed by atoms with van der Waals surface area (Å²) in [7, 11) is -2.07. The van der Waals surface area contributed by atoms with E-state index < -0.39 is 10.0 Å². The Balaban J connectivity index is 2.33. The third-order valence-corrected chi connectivity index (χ3v) is 5.50. The van der Waals surface area contributed by atoms with Gasteiger partial charge >= 0.3 is 0 Å². The van der Waals surface area contributed by atoms with E-state index in [4.69, 9.17) is 5.73 Å². The molecule has 0 saturated heterocycles. The first-order valence-corrected chi connectivity index (χ1v) is 8.61. The number of halogens is 1. The lowest BCUT2D eigenvalue weighted by molar-refractivity contribution is 0.467. The van der Waals surface area contributed by atoms with Gasteiger partial charge in [-0.1, -0.05) is 45.8 Å². The molecule has 0 bridgehead atoms. The smallest absolute Gasteiger partial charge is 0.245 e. The summed E-state index contributed by atoms with van der Waals surface area (Å²) < 4.78 is 27.2. The second kappa shape index (κ2) is 6.17. The molecule has 0 radical (unpaired) electrons. The minimum absolute atomic E-state index is 0.118. The van der Waals surface area contributed by atoms with Gasteiger partial charge in [0.25, 0.3) is 0 Å². The molecule has 2 aromatic rings. The van der Waals surface area contributed by atoms with Crippen molar-refractivity contribution in [3.8, 4) is 0 Å². The van der Waals surface area contributed by atoms with Gasteiger partial charge in [0.2, 0.25) is 10.0 Å². The van der Waals surface area contributed by atoms with Crippen LogP contribution in [0.5, 0.6) is 0 Å². The number of benzene rings is 2. The van der Waals surface area contributed by atoms with Crippen LogP contribution in [0.2, 0.25) is 0 Å². The zero-order valence-corrected chi connectivity index (χ0v) is 14.3. The fourth-order valence-electron chi connectivity index (χ4n) is 2.05. The molecule has 0 fully saturated rings. The summed E-state index contributed by atoms with van der Waals surface area (Å²) in [6.45, 7) is 2.28. The van der Waals surface area contributed by atoms with Crippen molar-refractivity contribution in [1.29, 1.82) is 0 Å². The first-order chi connectivity index (χ1) is 9.80. The molecular formula is C15H17BrN2O2S. The van der Waals surface area contributed by atoms with Crippen molar-refractivity contribution < 1.29 is 8.42 Å². The normalized spacial score (nSPS) is 11.8. The number of nitrogens with two attached hydrogens (primary N) is 1. The Labute approximate surface area is 133 Å². The van der Waals surface area contributed by atoms with Crippen molar-refractivity contribution in [2.75, 3.05) is 12.8 Å². The van der Waals surface area contributed by atoms with Crippen molar-refractivity contribution in [3.05, 3.63) is 58.1 Å². The largest absolute Gasteiger partial charge is 0.398 e. The number of hydrogen-bond acceptors (Lipinski definition) is 3. The SMILES string of the molecule is Cc1cccc(CN(C)S(=O)(=O)c2cc(Br)ccc2N)c1. The van der Waals surface area contributed by atoms with E-state index in [0.717, 1.165) is 11.1 Å². The van der Waals surface area contributed by atoms with Crippen molar-refractivity contribution >= 4 is 31.6 Å². The van der Waals surface area contributed by atoms with Gasteiger partial charge in [0.15, 0.2) is 0 Å². The van der Waals surface area contributed by atoms with Gasteiger partial charge in [-0.2, -0.15) is 4.31 Å². The number of rotatable bonds is 4. The van der Waals surface area contributed by atoms with Crippen LogP contribution in [0.15, 0.2) is 51.8 Å². The van der Waals surface area contributed by atoms with Crippen molar-refractivity contribution in [2.45, 2.75) is 18.4 Å². The summed E-state index contributed by atoms with van der Waals surface area (Å²) in [5.41, 5.74) is 8.09. The Morgan fingerprint density at radius 1 is 1.19 bits per heavy atom. The summed E-state index contributed by atoms with van der Waals surface area (Å²) in [5, 5.41) is 0. The molecule has 0 spiro atoms. The fraction of sp³-hybridized carbons (Fsp3) is 0.200. The minimum Gasteiger partial charge on any atom is -0.398 e. The molecule has 0 aliphatic carbocycles. The summed E-state index contributed by atoms with van der Waals surface area (Å²) in [6.07, 6.45) is 0. The lowest BCUT2D eigenvalue weighted by Crippen LogP contribution is -2.27. The molecular weight excluding hydrogens is 352 g/mol. The van der Waals surface area contributed by atoms with E-state index in [2.05, 4.69) is 15.9 Å². The zero-order valence-electron chi connectivity index (χ0n) is 11.9. The highest BCUT2D eigenvalue weighted by Gasteiger charge is 2.23. The highest BCUT2D eigenvalue weighted by atomic mass is 79.9. The number of nitrogen functional groups attached to an aromatic ring is 1. The maximum Gasteiger partial charge on any atom is 0.245 e. The standard InChI is InChI=1S/C15H17BrN2O2S/c1-11-4-3-5-12(8-11)10-18(2)21(19,20)15-9-13(16)6-7-14(15)17/h3-9H,10,17H2,1-2H3. The highest BCUT2D eigenvalue weighted by molar-refractivity contribution is 9.10. The van der Waals surface area contributed by atoms with E-state index >= 15 is 0 Å². The maximum atomic E-state index is 12.6. The van der Waals surface area contributed by atoms with E-state index in [1.165, 1.54) is 10.4 Å². The summed E-state index contributed by atoms with van der Waals surface area (Å²) in [6, 6.07) is 12.6. The van der Waals surface area contributed by atoms with Crippen LogP contribution in [0, 0.1) is 6.92 Å². The van der Waals surface area contributed by atoms with Crippen molar-refractivity contribution in [1.82, 2.24) is 4.31 Å². The third kappa shape index (κ3) is 3.64. The van der Waals surface area contributed by atoms with Crippen LogP contribution in [-0.2, 0) is 16.6 Å². The zero-order chi connectivity index (χ0) is 15.6. The number of anilines is 1. The molecule has 2 aromatic carbocycles. The Morgan fingerprint density at radius 2 is 1.90 bits per heavy atom. The average Bonchev–Trinajstić information content (AvgIpc) is 2.41. The fourth-order valence-corrected chi connectivity index (χ4v) is 3.86. The van der Waals surface area contributed by atoms with Crippen LogP contribution in [0.4, 0.5) is 5.69 Å². The monoisotopic (exact) mass is 368 g/mol. The lowest BCUT2D eigenvalue weighted by atomic mass is 10.1. The summed E-state index contributed by atoms with van der Waals surface area (Å²) >= 11 is 3.28. The molecule has 0 atom stereocenters. The first-order valence-electron chi connectivity index (χ1n) is 6.37. The Kier molecular flexibility index (Phi) is 4.70. The lowest BCUT2D eigenvalue weighted by Gasteiger charge is -2.19. The van der Waals surface area contributed by atoms with Crippen LogP contribution in [0.25, 0.3) is 0 Å². The van der Waals surface area contributed by atoms with Gasteiger partial charge in [-0.05, 0) is 30.7 Å². The van der Waals surface area contributed by atoms with Gasteiger partial charge in [0.05, 0.1) is 5.69 Å². The molecule has 0 aliphatic rings. The third-order valence-electron chi connectivity index (χ3n) is 3.15. The summed E-state index contributed by atoms with van der Waals surface area (Å²) in [5.74, 6) is 0. The molecule has 112 valence electrons. The Bertz CT molecular complexity index is 760. The number of sulfonamides is 1. The molecule has 0 aromatic heterocycles. The molecule has 0 heterocycles. The Hall–Kier alpha value is -1.37. The van der Waals surface area contributed by atoms with Crippen LogP contribution in [-0.4, -0.2) is 19.8 Å². The van der Waals surface area contributed by atoms with Gasteiger partial charge < -0.3 is 5.73 Å².